The zero-order valence-electron chi connectivity index (χ0n) is 19.1. The second-order valence-corrected chi connectivity index (χ2v) is 10.4. The molecule has 2 heterocycles. The van der Waals surface area contributed by atoms with Crippen LogP contribution in [0.2, 0.25) is 0 Å². The van der Waals surface area contributed by atoms with Crippen LogP contribution in [0, 0.1) is 0 Å². The molecule has 1 aliphatic rings. The van der Waals surface area contributed by atoms with Crippen LogP contribution in [0.15, 0.2) is 16.5 Å². The van der Waals surface area contributed by atoms with Crippen LogP contribution in [0.1, 0.15) is 55.5 Å². The molecule has 1 fully saturated rings. The number of furan rings is 1. The Bertz CT molecular complexity index is 1170. The predicted molar refractivity (Wildman–Crippen MR) is 120 cm³/mol. The van der Waals surface area contributed by atoms with Gasteiger partial charge in [-0.1, -0.05) is 0 Å². The highest BCUT2D eigenvalue weighted by Crippen LogP contribution is 2.38. The van der Waals surface area contributed by atoms with Gasteiger partial charge >= 0.3 is 13.1 Å². The number of rotatable bonds is 6. The Morgan fingerprint density at radius 3 is 2.22 bits per heavy atom. The van der Waals surface area contributed by atoms with Gasteiger partial charge in [-0.15, -0.1) is 0 Å². The Balaban J connectivity index is 2.30. The minimum atomic E-state index is -3.67. The van der Waals surface area contributed by atoms with Gasteiger partial charge in [-0.2, -0.15) is 0 Å². The molecule has 0 bridgehead atoms. The molecule has 0 unspecified atom stereocenters. The van der Waals surface area contributed by atoms with Crippen LogP contribution in [-0.4, -0.2) is 58.5 Å². The van der Waals surface area contributed by atoms with Gasteiger partial charge in [0.05, 0.1) is 29.8 Å². The minimum absolute atomic E-state index is 0.0305. The Kier molecular flexibility index (Phi) is 6.09. The van der Waals surface area contributed by atoms with E-state index in [9.17, 15) is 18.0 Å². The fraction of sp³-hybridized carbons (Fsp3) is 0.500. The molecule has 12 heteroatoms. The van der Waals surface area contributed by atoms with E-state index < -0.39 is 40.2 Å². The van der Waals surface area contributed by atoms with E-state index in [1.54, 1.807) is 0 Å². The summed E-state index contributed by atoms with van der Waals surface area (Å²) in [6.45, 7) is 8.96. The Labute approximate surface area is 187 Å². The standard InChI is InChI=1S/C20H27BN2O8S/c1-8-32(26,27)23-13-10-14-11(15(17(24)22-6)16(29-14)18(25)28-7)9-12(13)21-30-19(2,3)20(4,5)31-21/h9-10,23H,8H2,1-7H3,(H,22,24). The summed E-state index contributed by atoms with van der Waals surface area (Å²) in [7, 11) is -2.02. The number of carbonyl (C=O) groups excluding carboxylic acids is 2. The van der Waals surface area contributed by atoms with Gasteiger partial charge in [-0.05, 0) is 40.7 Å². The van der Waals surface area contributed by atoms with Gasteiger partial charge in [0.25, 0.3) is 5.91 Å². The largest absolute Gasteiger partial charge is 0.497 e. The van der Waals surface area contributed by atoms with Crippen LogP contribution in [0.5, 0.6) is 0 Å². The number of methoxy groups -OCH3 is 1. The third-order valence-electron chi connectivity index (χ3n) is 5.84. The molecule has 0 aliphatic carbocycles. The van der Waals surface area contributed by atoms with Gasteiger partial charge in [-0.3, -0.25) is 9.52 Å². The maximum absolute atomic E-state index is 12.6. The van der Waals surface area contributed by atoms with Gasteiger partial charge in [0.1, 0.15) is 11.1 Å². The smallest absolute Gasteiger partial charge is 0.463 e. The normalized spacial score (nSPS) is 17.4. The summed E-state index contributed by atoms with van der Waals surface area (Å²) in [6.07, 6.45) is 0. The lowest BCUT2D eigenvalue weighted by atomic mass is 9.77. The molecule has 0 radical (unpaired) electrons. The molecule has 1 aromatic heterocycles. The summed E-state index contributed by atoms with van der Waals surface area (Å²) in [5.74, 6) is -1.86. The van der Waals surface area contributed by atoms with E-state index >= 15 is 0 Å². The third kappa shape index (κ3) is 4.09. The van der Waals surface area contributed by atoms with Crippen molar-refractivity contribution in [3.8, 4) is 0 Å². The van der Waals surface area contributed by atoms with Crippen molar-refractivity contribution in [2.45, 2.75) is 45.8 Å². The van der Waals surface area contributed by atoms with Crippen LogP contribution >= 0.6 is 0 Å². The van der Waals surface area contributed by atoms with Crippen LogP contribution in [0.25, 0.3) is 11.0 Å². The van der Waals surface area contributed by atoms with E-state index in [4.69, 9.17) is 18.5 Å². The van der Waals surface area contributed by atoms with Crippen molar-refractivity contribution >= 4 is 51.1 Å². The molecule has 2 N–H and O–H groups in total. The number of nitrogens with one attached hydrogen (secondary N) is 2. The van der Waals surface area contributed by atoms with E-state index in [1.165, 1.54) is 33.2 Å². The molecule has 0 atom stereocenters. The average molecular weight is 466 g/mol. The SMILES string of the molecule is CCS(=O)(=O)Nc1cc2oc(C(=O)OC)c(C(=O)NC)c2cc1B1OC(C)(C)C(C)(C)O1. The zero-order chi connectivity index (χ0) is 24.1. The molecule has 174 valence electrons. The minimum Gasteiger partial charge on any atom is -0.463 e. The number of benzene rings is 1. The Morgan fingerprint density at radius 2 is 1.72 bits per heavy atom. The van der Waals surface area contributed by atoms with Crippen LogP contribution in [-0.2, 0) is 24.1 Å². The molecule has 2 aromatic rings. The number of ether oxygens (including phenoxy) is 1. The quantitative estimate of drug-likeness (QED) is 0.485. The second kappa shape index (κ2) is 8.09. The molecule has 1 aromatic carbocycles. The van der Waals surface area contributed by atoms with Crippen molar-refractivity contribution in [3.63, 3.8) is 0 Å². The molecular formula is C20H27BN2O8S. The van der Waals surface area contributed by atoms with Crippen LogP contribution < -0.4 is 15.5 Å². The van der Waals surface area contributed by atoms with E-state index in [-0.39, 0.29) is 33.7 Å². The van der Waals surface area contributed by atoms with Crippen LogP contribution in [0.3, 0.4) is 0 Å². The second-order valence-electron chi connectivity index (χ2n) is 8.41. The summed E-state index contributed by atoms with van der Waals surface area (Å²) in [5, 5.41) is 2.76. The molecule has 1 aliphatic heterocycles. The number of carbonyl (C=O) groups is 2. The highest BCUT2D eigenvalue weighted by molar-refractivity contribution is 7.92. The lowest BCUT2D eigenvalue weighted by Gasteiger charge is -2.32. The van der Waals surface area contributed by atoms with E-state index in [1.807, 2.05) is 27.7 Å². The maximum Gasteiger partial charge on any atom is 0.497 e. The van der Waals surface area contributed by atoms with Crippen molar-refractivity contribution in [3.05, 3.63) is 23.5 Å². The third-order valence-corrected chi connectivity index (χ3v) is 7.13. The van der Waals surface area contributed by atoms with E-state index in [0.29, 0.717) is 5.46 Å². The molecule has 3 rings (SSSR count). The van der Waals surface area contributed by atoms with Crippen molar-refractivity contribution in [2.75, 3.05) is 24.6 Å². The van der Waals surface area contributed by atoms with Crippen molar-refractivity contribution in [1.29, 1.82) is 0 Å². The van der Waals surface area contributed by atoms with Crippen LogP contribution in [0.4, 0.5) is 5.69 Å². The Morgan fingerprint density at radius 1 is 1.12 bits per heavy atom. The van der Waals surface area contributed by atoms with Crippen molar-refractivity contribution < 1.29 is 36.5 Å². The molecule has 32 heavy (non-hydrogen) atoms. The number of hydrogen-bond donors (Lipinski definition) is 2. The number of sulfonamides is 1. The zero-order valence-corrected chi connectivity index (χ0v) is 19.9. The topological polar surface area (TPSA) is 133 Å². The van der Waals surface area contributed by atoms with Crippen molar-refractivity contribution in [2.24, 2.45) is 0 Å². The molecule has 0 saturated carbocycles. The lowest BCUT2D eigenvalue weighted by Crippen LogP contribution is -2.41. The summed E-state index contributed by atoms with van der Waals surface area (Å²) in [4.78, 5) is 24.8. The first-order chi connectivity index (χ1) is 14.8. The molecule has 0 spiro atoms. The number of amides is 1. The number of anilines is 1. The van der Waals surface area contributed by atoms with Gasteiger partial charge < -0.3 is 23.8 Å². The number of hydrogen-bond acceptors (Lipinski definition) is 8. The average Bonchev–Trinajstić information content (AvgIpc) is 3.18. The van der Waals surface area contributed by atoms with Gasteiger partial charge in [0.15, 0.2) is 0 Å². The first-order valence-corrected chi connectivity index (χ1v) is 11.7. The first-order valence-electron chi connectivity index (χ1n) is 10.0. The molecular weight excluding hydrogens is 439 g/mol. The molecule has 10 nitrogen and oxygen atoms in total. The fourth-order valence-electron chi connectivity index (χ4n) is 3.24. The summed E-state index contributed by atoms with van der Waals surface area (Å²) >= 11 is 0. The fourth-order valence-corrected chi connectivity index (χ4v) is 3.90. The Hall–Kier alpha value is -2.57. The first kappa shape index (κ1) is 24.1. The monoisotopic (exact) mass is 466 g/mol. The molecule has 1 amide bonds. The number of esters is 1. The summed E-state index contributed by atoms with van der Waals surface area (Å²) < 4.78 is 49.8. The highest BCUT2D eigenvalue weighted by Gasteiger charge is 2.52. The molecule has 1 saturated heterocycles. The highest BCUT2D eigenvalue weighted by atomic mass is 32.2. The number of fused-ring (bicyclic) bond motifs is 1. The summed E-state index contributed by atoms with van der Waals surface area (Å²) in [6, 6.07) is 2.94. The predicted octanol–water partition coefficient (Wildman–Crippen LogP) is 1.64. The van der Waals surface area contributed by atoms with Crippen molar-refractivity contribution in [1.82, 2.24) is 5.32 Å². The maximum atomic E-state index is 12.6. The summed E-state index contributed by atoms with van der Waals surface area (Å²) in [5.41, 5.74) is -0.785. The van der Waals surface area contributed by atoms with E-state index in [2.05, 4.69) is 10.0 Å². The van der Waals surface area contributed by atoms with Gasteiger partial charge in [0, 0.05) is 24.0 Å². The lowest BCUT2D eigenvalue weighted by molar-refractivity contribution is 0.00578. The van der Waals surface area contributed by atoms with Gasteiger partial charge in [-0.25, -0.2) is 13.2 Å². The van der Waals surface area contributed by atoms with Gasteiger partial charge in [0.2, 0.25) is 15.8 Å². The van der Waals surface area contributed by atoms with E-state index in [0.717, 1.165) is 0 Å².